The molecule has 32 heavy (non-hydrogen) atoms. The number of nitrogens with one attached hydrogen (secondary N) is 1. The summed E-state index contributed by atoms with van der Waals surface area (Å²) in [5, 5.41) is 5.41. The van der Waals surface area contributed by atoms with E-state index in [1.165, 1.54) is 11.1 Å². The Morgan fingerprint density at radius 2 is 1.34 bits per heavy atom. The maximum Gasteiger partial charge on any atom is 0.205 e. The van der Waals surface area contributed by atoms with Crippen LogP contribution in [-0.4, -0.2) is 14.4 Å². The third-order valence-electron chi connectivity index (χ3n) is 7.00. The van der Waals surface area contributed by atoms with Crippen molar-refractivity contribution in [2.75, 3.05) is 0 Å². The van der Waals surface area contributed by atoms with Crippen LogP contribution in [0, 0.1) is 0 Å². The standard InChI is InChI=1S/C27H34NO2PSi/c1-27(2,3)32(4,5)30-25-20-21-14-12-13-19-24(21)26(25)28-31(29,22-15-8-6-9-16-22)23-17-10-7-11-18-23/h6-19,25-26H,20H2,1-5H3,(H,28,29)/t25-,26-/m1/s1. The summed E-state index contributed by atoms with van der Waals surface area (Å²) in [4.78, 5) is 0. The van der Waals surface area contributed by atoms with Crippen LogP contribution in [0.4, 0.5) is 0 Å². The molecule has 0 saturated carbocycles. The molecule has 0 bridgehead atoms. The SMILES string of the molecule is CC(C)(C)[Si](C)(C)O[C@@H]1Cc2ccccc2[C@H]1NP(=O)(c1ccccc1)c1ccccc1. The highest BCUT2D eigenvalue weighted by atomic mass is 31.2. The highest BCUT2D eigenvalue weighted by Gasteiger charge is 2.45. The zero-order valence-electron chi connectivity index (χ0n) is 19.7. The fourth-order valence-electron chi connectivity index (χ4n) is 4.15. The van der Waals surface area contributed by atoms with Gasteiger partial charge in [-0.15, -0.1) is 0 Å². The van der Waals surface area contributed by atoms with E-state index in [2.05, 4.69) is 63.2 Å². The highest BCUT2D eigenvalue weighted by molar-refractivity contribution is 7.76. The molecule has 1 N–H and O–H groups in total. The van der Waals surface area contributed by atoms with E-state index >= 15 is 0 Å². The molecule has 3 aromatic rings. The van der Waals surface area contributed by atoms with Crippen LogP contribution in [0.3, 0.4) is 0 Å². The van der Waals surface area contributed by atoms with Crippen LogP contribution in [0.15, 0.2) is 84.9 Å². The fraction of sp³-hybridized carbons (Fsp3) is 0.333. The molecule has 0 amide bonds. The van der Waals surface area contributed by atoms with E-state index in [1.807, 2.05) is 60.7 Å². The summed E-state index contributed by atoms with van der Waals surface area (Å²) in [7, 11) is -5.10. The van der Waals surface area contributed by atoms with Gasteiger partial charge in [-0.05, 0) is 59.9 Å². The number of hydrogen-bond donors (Lipinski definition) is 1. The Kier molecular flexibility index (Phi) is 6.35. The summed E-state index contributed by atoms with van der Waals surface area (Å²) in [5.41, 5.74) is 2.48. The molecule has 0 unspecified atom stereocenters. The molecule has 0 heterocycles. The van der Waals surface area contributed by atoms with Crippen LogP contribution in [0.1, 0.15) is 37.9 Å². The Morgan fingerprint density at radius 3 is 1.88 bits per heavy atom. The minimum atomic E-state index is -3.09. The van der Waals surface area contributed by atoms with Crippen LogP contribution < -0.4 is 15.7 Å². The van der Waals surface area contributed by atoms with Gasteiger partial charge in [-0.1, -0.05) is 81.4 Å². The monoisotopic (exact) mass is 463 g/mol. The van der Waals surface area contributed by atoms with Crippen molar-refractivity contribution < 1.29 is 8.99 Å². The lowest BCUT2D eigenvalue weighted by atomic mass is 10.1. The quantitative estimate of drug-likeness (QED) is 0.350. The molecule has 2 atom stereocenters. The minimum Gasteiger partial charge on any atom is -0.412 e. The van der Waals surface area contributed by atoms with E-state index in [9.17, 15) is 4.57 Å². The lowest BCUT2D eigenvalue weighted by Gasteiger charge is -2.40. The molecule has 0 spiro atoms. The van der Waals surface area contributed by atoms with Crippen LogP contribution in [-0.2, 0) is 15.4 Å². The lowest BCUT2D eigenvalue weighted by Crippen LogP contribution is -2.47. The van der Waals surface area contributed by atoms with Crippen molar-refractivity contribution in [2.45, 2.75) is 57.5 Å². The molecular formula is C27H34NO2PSi. The number of hydrogen-bond acceptors (Lipinski definition) is 2. The normalized spacial score (nSPS) is 19.0. The summed E-state index contributed by atoms with van der Waals surface area (Å²) in [6, 6.07) is 28.0. The summed E-state index contributed by atoms with van der Waals surface area (Å²) in [6.45, 7) is 11.4. The van der Waals surface area contributed by atoms with Gasteiger partial charge in [0.1, 0.15) is 0 Å². The van der Waals surface area contributed by atoms with Gasteiger partial charge in [0, 0.05) is 10.6 Å². The average molecular weight is 464 g/mol. The molecule has 0 aliphatic heterocycles. The molecule has 1 aliphatic rings. The second-order valence-corrected chi connectivity index (χ2v) is 17.5. The van der Waals surface area contributed by atoms with Gasteiger partial charge in [-0.25, -0.2) is 5.09 Å². The van der Waals surface area contributed by atoms with E-state index in [0.29, 0.717) is 0 Å². The van der Waals surface area contributed by atoms with Crippen molar-refractivity contribution in [1.29, 1.82) is 0 Å². The second-order valence-electron chi connectivity index (χ2n) is 10.2. The molecular weight excluding hydrogens is 429 g/mol. The minimum absolute atomic E-state index is 0.0472. The van der Waals surface area contributed by atoms with E-state index in [1.54, 1.807) is 0 Å². The van der Waals surface area contributed by atoms with Crippen molar-refractivity contribution in [3.05, 3.63) is 96.1 Å². The van der Waals surface area contributed by atoms with Crippen LogP contribution in [0.25, 0.3) is 0 Å². The average Bonchev–Trinajstić information content (AvgIpc) is 3.10. The largest absolute Gasteiger partial charge is 0.412 e. The highest BCUT2D eigenvalue weighted by Crippen LogP contribution is 2.47. The molecule has 0 fully saturated rings. The third-order valence-corrected chi connectivity index (χ3v) is 14.2. The van der Waals surface area contributed by atoms with Gasteiger partial charge in [-0.2, -0.15) is 0 Å². The van der Waals surface area contributed by atoms with E-state index in [0.717, 1.165) is 17.0 Å². The predicted molar refractivity (Wildman–Crippen MR) is 138 cm³/mol. The van der Waals surface area contributed by atoms with Crippen LogP contribution >= 0.6 is 7.29 Å². The lowest BCUT2D eigenvalue weighted by molar-refractivity contribution is 0.158. The summed E-state index contributed by atoms with van der Waals surface area (Å²) < 4.78 is 21.7. The molecule has 4 rings (SSSR count). The van der Waals surface area contributed by atoms with Crippen molar-refractivity contribution in [1.82, 2.24) is 5.09 Å². The first kappa shape index (κ1) is 23.2. The van der Waals surface area contributed by atoms with E-state index < -0.39 is 15.6 Å². The molecule has 1 aliphatic carbocycles. The fourth-order valence-corrected chi connectivity index (χ4v) is 7.95. The molecule has 3 nitrogen and oxygen atoms in total. The number of rotatable bonds is 6. The Balaban J connectivity index is 1.78. The summed E-state index contributed by atoms with van der Waals surface area (Å²) in [6.07, 6.45) is 0.790. The first-order chi connectivity index (χ1) is 15.1. The Labute approximate surface area is 193 Å². The number of fused-ring (bicyclic) bond motifs is 1. The van der Waals surface area contributed by atoms with E-state index in [4.69, 9.17) is 4.43 Å². The molecule has 168 valence electrons. The zero-order chi connectivity index (χ0) is 23.0. The molecule has 0 aromatic heterocycles. The Bertz CT molecular complexity index is 1070. The summed E-state index contributed by atoms with van der Waals surface area (Å²) >= 11 is 0. The van der Waals surface area contributed by atoms with Gasteiger partial charge < -0.3 is 4.43 Å². The molecule has 0 radical (unpaired) electrons. The maximum atomic E-state index is 14.7. The molecule has 5 heteroatoms. The Hall–Kier alpha value is -1.97. The van der Waals surface area contributed by atoms with E-state index in [-0.39, 0.29) is 17.2 Å². The third kappa shape index (κ3) is 4.42. The summed E-state index contributed by atoms with van der Waals surface area (Å²) in [5.74, 6) is 0. The first-order valence-electron chi connectivity index (χ1n) is 11.4. The van der Waals surface area contributed by atoms with Crippen molar-refractivity contribution in [2.24, 2.45) is 0 Å². The molecule has 0 saturated heterocycles. The van der Waals surface area contributed by atoms with Crippen LogP contribution in [0.5, 0.6) is 0 Å². The zero-order valence-corrected chi connectivity index (χ0v) is 21.6. The first-order valence-corrected chi connectivity index (χ1v) is 16.0. The van der Waals surface area contributed by atoms with Crippen molar-refractivity contribution in [3.8, 4) is 0 Å². The number of benzene rings is 3. The van der Waals surface area contributed by atoms with Crippen LogP contribution in [0.2, 0.25) is 18.1 Å². The van der Waals surface area contributed by atoms with Gasteiger partial charge in [0.15, 0.2) is 8.32 Å². The smallest absolute Gasteiger partial charge is 0.205 e. The van der Waals surface area contributed by atoms with Crippen molar-refractivity contribution >= 4 is 26.2 Å². The van der Waals surface area contributed by atoms with Crippen molar-refractivity contribution in [3.63, 3.8) is 0 Å². The Morgan fingerprint density at radius 1 is 0.844 bits per heavy atom. The second kappa shape index (κ2) is 8.76. The van der Waals surface area contributed by atoms with Gasteiger partial charge in [0.05, 0.1) is 12.1 Å². The van der Waals surface area contributed by atoms with Gasteiger partial charge >= 0.3 is 0 Å². The predicted octanol–water partition coefficient (Wildman–Crippen LogP) is 6.19. The van der Waals surface area contributed by atoms with Gasteiger partial charge in [0.25, 0.3) is 0 Å². The topological polar surface area (TPSA) is 38.3 Å². The van der Waals surface area contributed by atoms with Gasteiger partial charge in [0.2, 0.25) is 7.29 Å². The maximum absolute atomic E-state index is 14.7. The molecule has 3 aromatic carbocycles. The van der Waals surface area contributed by atoms with Gasteiger partial charge in [-0.3, -0.25) is 4.57 Å².